The van der Waals surface area contributed by atoms with Gasteiger partial charge in [0.05, 0.1) is 12.7 Å². The van der Waals surface area contributed by atoms with E-state index in [-0.39, 0.29) is 11.3 Å². The van der Waals surface area contributed by atoms with Crippen LogP contribution in [-0.4, -0.2) is 18.5 Å². The maximum atomic E-state index is 10.7. The number of aromatic hydroxyl groups is 1. The van der Waals surface area contributed by atoms with Crippen LogP contribution < -0.4 is 4.74 Å². The summed E-state index contributed by atoms with van der Waals surface area (Å²) in [6.07, 6.45) is 6.23. The van der Waals surface area contributed by atoms with Crippen molar-refractivity contribution >= 4 is 12.4 Å². The lowest BCUT2D eigenvalue weighted by atomic mass is 9.93. The summed E-state index contributed by atoms with van der Waals surface area (Å²) in [5.41, 5.74) is 1.96. The van der Waals surface area contributed by atoms with Crippen molar-refractivity contribution in [2.24, 2.45) is 0 Å². The minimum Gasteiger partial charge on any atom is -0.507 e. The molecule has 1 aromatic rings. The van der Waals surface area contributed by atoms with Gasteiger partial charge in [-0.25, -0.2) is 0 Å². The van der Waals surface area contributed by atoms with Gasteiger partial charge in [-0.2, -0.15) is 0 Å². The van der Waals surface area contributed by atoms with Crippen LogP contribution in [0, 0.1) is 0 Å². The molecule has 78 valence electrons. The van der Waals surface area contributed by atoms with Crippen LogP contribution in [-0.2, 0) is 6.42 Å². The third-order valence-corrected chi connectivity index (χ3v) is 2.63. The van der Waals surface area contributed by atoms with Crippen LogP contribution in [0.25, 0.3) is 6.08 Å². The molecule has 2 rings (SSSR count). The van der Waals surface area contributed by atoms with E-state index in [1.54, 1.807) is 13.2 Å². The average Bonchev–Trinajstić information content (AvgIpc) is 2.30. The van der Waals surface area contributed by atoms with Gasteiger partial charge in [-0.15, -0.1) is 0 Å². The van der Waals surface area contributed by atoms with Gasteiger partial charge in [0.2, 0.25) is 0 Å². The van der Waals surface area contributed by atoms with Crippen molar-refractivity contribution in [2.45, 2.75) is 12.8 Å². The fraction of sp³-hybridized carbons (Fsp3) is 0.250. The number of rotatable bonds is 2. The van der Waals surface area contributed by atoms with Crippen LogP contribution in [0.1, 0.15) is 27.9 Å². The molecule has 3 heteroatoms. The minimum atomic E-state index is 0.0525. The molecule has 0 bridgehead atoms. The first-order valence-electron chi connectivity index (χ1n) is 4.82. The summed E-state index contributed by atoms with van der Waals surface area (Å²) in [4.78, 5) is 10.7. The lowest BCUT2D eigenvalue weighted by Crippen LogP contribution is -2.01. The van der Waals surface area contributed by atoms with Crippen molar-refractivity contribution in [3.8, 4) is 11.5 Å². The van der Waals surface area contributed by atoms with Gasteiger partial charge in [0.1, 0.15) is 11.5 Å². The van der Waals surface area contributed by atoms with Crippen molar-refractivity contribution in [1.29, 1.82) is 0 Å². The Morgan fingerprint density at radius 2 is 2.33 bits per heavy atom. The maximum absolute atomic E-state index is 10.7. The SMILES string of the molecule is COc1cc(C=O)c(O)c2c1CCC=C2. The number of hydrogen-bond acceptors (Lipinski definition) is 3. The summed E-state index contributed by atoms with van der Waals surface area (Å²) in [6, 6.07) is 1.58. The van der Waals surface area contributed by atoms with Crippen LogP contribution in [0.3, 0.4) is 0 Å². The highest BCUT2D eigenvalue weighted by Crippen LogP contribution is 2.36. The Morgan fingerprint density at radius 3 is 3.00 bits per heavy atom. The molecular formula is C12H12O3. The number of carbonyl (C=O) groups excluding carboxylic acids is 1. The molecule has 0 aliphatic heterocycles. The zero-order valence-electron chi connectivity index (χ0n) is 8.49. The molecule has 0 saturated heterocycles. The Hall–Kier alpha value is -1.77. The Balaban J connectivity index is 2.70. The molecule has 0 spiro atoms. The van der Waals surface area contributed by atoms with E-state index >= 15 is 0 Å². The smallest absolute Gasteiger partial charge is 0.153 e. The lowest BCUT2D eigenvalue weighted by Gasteiger charge is -2.17. The zero-order chi connectivity index (χ0) is 10.8. The van der Waals surface area contributed by atoms with Gasteiger partial charge in [-0.1, -0.05) is 12.2 Å². The number of phenolic OH excluding ortho intramolecular Hbond substituents is 1. The van der Waals surface area contributed by atoms with Crippen LogP contribution in [0.2, 0.25) is 0 Å². The standard InChI is InChI=1S/C12H12O3/c1-15-11-6-8(7-13)12(14)10-5-3-2-4-9(10)11/h3,5-7,14H,2,4H2,1H3. The number of carbonyl (C=O) groups is 1. The monoisotopic (exact) mass is 204 g/mol. The summed E-state index contributed by atoms with van der Waals surface area (Å²) in [6.45, 7) is 0. The molecule has 0 atom stereocenters. The van der Waals surface area contributed by atoms with Crippen molar-refractivity contribution in [3.63, 3.8) is 0 Å². The molecule has 1 N–H and O–H groups in total. The number of hydrogen-bond donors (Lipinski definition) is 1. The molecule has 15 heavy (non-hydrogen) atoms. The molecule has 1 aliphatic rings. The van der Waals surface area contributed by atoms with E-state index in [1.165, 1.54) is 0 Å². The molecule has 0 amide bonds. The molecule has 0 unspecified atom stereocenters. The minimum absolute atomic E-state index is 0.0525. The van der Waals surface area contributed by atoms with Crippen LogP contribution in [0.5, 0.6) is 11.5 Å². The van der Waals surface area contributed by atoms with Gasteiger partial charge in [0.15, 0.2) is 6.29 Å². The van der Waals surface area contributed by atoms with Gasteiger partial charge in [-0.05, 0) is 18.9 Å². The first-order valence-corrected chi connectivity index (χ1v) is 4.82. The second-order valence-electron chi connectivity index (χ2n) is 3.47. The Bertz CT molecular complexity index is 433. The van der Waals surface area contributed by atoms with Gasteiger partial charge in [0, 0.05) is 11.1 Å². The molecule has 0 saturated carbocycles. The third-order valence-electron chi connectivity index (χ3n) is 2.63. The molecular weight excluding hydrogens is 192 g/mol. The van der Waals surface area contributed by atoms with Crippen molar-refractivity contribution in [1.82, 2.24) is 0 Å². The average molecular weight is 204 g/mol. The van der Waals surface area contributed by atoms with Crippen LogP contribution in [0.15, 0.2) is 12.1 Å². The largest absolute Gasteiger partial charge is 0.507 e. The van der Waals surface area contributed by atoms with Gasteiger partial charge < -0.3 is 9.84 Å². The predicted octanol–water partition coefficient (Wildman–Crippen LogP) is 2.17. The Labute approximate surface area is 88.0 Å². The Kier molecular flexibility index (Phi) is 2.46. The number of fused-ring (bicyclic) bond motifs is 1. The van der Waals surface area contributed by atoms with E-state index in [1.807, 2.05) is 12.2 Å². The molecule has 0 heterocycles. The number of aldehydes is 1. The molecule has 0 aromatic heterocycles. The highest BCUT2D eigenvalue weighted by Gasteiger charge is 2.17. The van der Waals surface area contributed by atoms with E-state index in [0.29, 0.717) is 17.6 Å². The highest BCUT2D eigenvalue weighted by molar-refractivity contribution is 5.85. The second-order valence-corrected chi connectivity index (χ2v) is 3.47. The molecule has 0 radical (unpaired) electrons. The number of ether oxygens (including phenoxy) is 1. The summed E-state index contributed by atoms with van der Waals surface area (Å²) in [5, 5.41) is 9.82. The van der Waals surface area contributed by atoms with Crippen molar-refractivity contribution < 1.29 is 14.6 Å². The second kappa shape index (κ2) is 3.77. The first-order chi connectivity index (χ1) is 7.27. The highest BCUT2D eigenvalue weighted by atomic mass is 16.5. The predicted molar refractivity (Wildman–Crippen MR) is 57.4 cm³/mol. The number of allylic oxidation sites excluding steroid dienone is 1. The molecule has 1 aliphatic carbocycles. The molecule has 1 aromatic carbocycles. The molecule has 3 nitrogen and oxygen atoms in total. The van der Waals surface area contributed by atoms with Gasteiger partial charge in [-0.3, -0.25) is 4.79 Å². The summed E-state index contributed by atoms with van der Waals surface area (Å²) in [5.74, 6) is 0.728. The number of phenols is 1. The van der Waals surface area contributed by atoms with Gasteiger partial charge in [0.25, 0.3) is 0 Å². The quantitative estimate of drug-likeness (QED) is 0.751. The lowest BCUT2D eigenvalue weighted by molar-refractivity contribution is 0.112. The maximum Gasteiger partial charge on any atom is 0.153 e. The zero-order valence-corrected chi connectivity index (χ0v) is 8.49. The van der Waals surface area contributed by atoms with E-state index < -0.39 is 0 Å². The normalized spacial score (nSPS) is 13.4. The van der Waals surface area contributed by atoms with Crippen molar-refractivity contribution in [2.75, 3.05) is 7.11 Å². The fourth-order valence-electron chi connectivity index (χ4n) is 1.87. The third kappa shape index (κ3) is 1.50. The first kappa shape index (κ1) is 9.77. The number of methoxy groups -OCH3 is 1. The van der Waals surface area contributed by atoms with Gasteiger partial charge >= 0.3 is 0 Å². The van der Waals surface area contributed by atoms with Crippen molar-refractivity contribution in [3.05, 3.63) is 28.8 Å². The summed E-state index contributed by atoms with van der Waals surface area (Å²) >= 11 is 0. The van der Waals surface area contributed by atoms with E-state index in [2.05, 4.69) is 0 Å². The Morgan fingerprint density at radius 1 is 1.53 bits per heavy atom. The van der Waals surface area contributed by atoms with E-state index in [4.69, 9.17) is 4.74 Å². The van der Waals surface area contributed by atoms with E-state index in [9.17, 15) is 9.90 Å². The summed E-state index contributed by atoms with van der Waals surface area (Å²) < 4.78 is 5.21. The number of benzene rings is 1. The van der Waals surface area contributed by atoms with Crippen LogP contribution >= 0.6 is 0 Å². The topological polar surface area (TPSA) is 46.5 Å². The molecule has 0 fully saturated rings. The van der Waals surface area contributed by atoms with E-state index in [0.717, 1.165) is 18.4 Å². The summed E-state index contributed by atoms with van der Waals surface area (Å²) in [7, 11) is 1.57. The van der Waals surface area contributed by atoms with Crippen LogP contribution in [0.4, 0.5) is 0 Å². The fourth-order valence-corrected chi connectivity index (χ4v) is 1.87.